The molecule has 10 heavy (non-hydrogen) atoms. The van der Waals surface area contributed by atoms with E-state index in [1.807, 2.05) is 26.2 Å². The van der Waals surface area contributed by atoms with Gasteiger partial charge < -0.3 is 0 Å². The Hall–Kier alpha value is -1.05. The largest absolute Gasteiger partial charge is 0.294 e. The van der Waals surface area contributed by atoms with Crippen LogP contribution >= 0.6 is 0 Å². The molecule has 1 aromatic heterocycles. The van der Waals surface area contributed by atoms with Gasteiger partial charge in [0, 0.05) is 19.3 Å². The highest BCUT2D eigenvalue weighted by Gasteiger charge is 1.99. The van der Waals surface area contributed by atoms with Crippen LogP contribution in [0.1, 0.15) is 22.8 Å². The lowest BCUT2D eigenvalue weighted by Crippen LogP contribution is -2.00. The van der Waals surface area contributed by atoms with E-state index in [9.17, 15) is 4.79 Å². The number of nitrogens with zero attached hydrogens (tertiary/aromatic N) is 1. The van der Waals surface area contributed by atoms with Crippen molar-refractivity contribution in [3.63, 3.8) is 0 Å². The molecule has 0 saturated heterocycles. The van der Waals surface area contributed by atoms with Crippen molar-refractivity contribution in [2.75, 3.05) is 0 Å². The highest BCUT2D eigenvalue weighted by atomic mass is 16.1. The zero-order chi connectivity index (χ0) is 7.72. The molecule has 0 spiro atoms. The molecule has 0 atom stereocenters. The molecule has 0 aliphatic rings. The van der Waals surface area contributed by atoms with E-state index in [1.165, 1.54) is 0 Å². The number of hydrogen-bond donors (Lipinski definition) is 0. The summed E-state index contributed by atoms with van der Waals surface area (Å²) in [7, 11) is 0. The lowest BCUT2D eigenvalue weighted by Gasteiger charge is -1.90. The van der Waals surface area contributed by atoms with E-state index in [0.29, 0.717) is 0 Å². The van der Waals surface area contributed by atoms with Crippen LogP contribution in [-0.2, 0) is 0 Å². The van der Waals surface area contributed by atoms with E-state index in [-0.39, 0.29) is 5.91 Å². The van der Waals surface area contributed by atoms with Gasteiger partial charge in [0.05, 0.1) is 0 Å². The van der Waals surface area contributed by atoms with Crippen LogP contribution in [0.4, 0.5) is 0 Å². The van der Waals surface area contributed by atoms with Gasteiger partial charge in [-0.15, -0.1) is 0 Å². The second kappa shape index (κ2) is 2.29. The Kier molecular flexibility index (Phi) is 1.62. The van der Waals surface area contributed by atoms with Crippen LogP contribution in [0.25, 0.3) is 0 Å². The maximum Gasteiger partial charge on any atom is 0.227 e. The summed E-state index contributed by atoms with van der Waals surface area (Å²) in [6, 6.07) is 0. The summed E-state index contributed by atoms with van der Waals surface area (Å²) in [4.78, 5) is 10.8. The van der Waals surface area contributed by atoms with Gasteiger partial charge in [-0.3, -0.25) is 9.36 Å². The average Bonchev–Trinajstić information content (AvgIpc) is 2.13. The Labute approximate surface area is 60.5 Å². The summed E-state index contributed by atoms with van der Waals surface area (Å²) in [5.74, 6) is 0.0659. The first-order valence-electron chi connectivity index (χ1n) is 3.27. The molecule has 0 aromatic carbocycles. The Bertz CT molecular complexity index is 241. The van der Waals surface area contributed by atoms with Crippen molar-refractivity contribution in [1.29, 1.82) is 0 Å². The molecular weight excluding hydrogens is 126 g/mol. The van der Waals surface area contributed by atoms with Crippen LogP contribution in [0.3, 0.4) is 0 Å². The van der Waals surface area contributed by atoms with Gasteiger partial charge >= 0.3 is 0 Å². The fourth-order valence-electron chi connectivity index (χ4n) is 0.840. The summed E-state index contributed by atoms with van der Waals surface area (Å²) < 4.78 is 1.60. The monoisotopic (exact) mass is 137 g/mol. The third-order valence-electron chi connectivity index (χ3n) is 1.65. The van der Waals surface area contributed by atoms with Gasteiger partial charge in [0.15, 0.2) is 0 Å². The van der Waals surface area contributed by atoms with Crippen LogP contribution in [0.15, 0.2) is 12.4 Å². The molecule has 0 N–H and O–H groups in total. The van der Waals surface area contributed by atoms with E-state index in [0.717, 1.165) is 11.1 Å². The van der Waals surface area contributed by atoms with Crippen molar-refractivity contribution in [3.05, 3.63) is 23.5 Å². The molecule has 0 aliphatic carbocycles. The molecule has 0 radical (unpaired) electrons. The Balaban J connectivity index is 3.10. The lowest BCUT2D eigenvalue weighted by molar-refractivity contribution is 0.0936. The van der Waals surface area contributed by atoms with E-state index < -0.39 is 0 Å². The highest BCUT2D eigenvalue weighted by molar-refractivity contribution is 5.76. The third kappa shape index (κ3) is 1.10. The molecule has 1 heterocycles. The van der Waals surface area contributed by atoms with Gasteiger partial charge in [0.2, 0.25) is 5.91 Å². The standard InChI is InChI=1S/C8H11NO/c1-6-4-9(8(3)10)5-7(6)2/h4-5H,1-3H3. The van der Waals surface area contributed by atoms with Crippen molar-refractivity contribution in [3.8, 4) is 0 Å². The van der Waals surface area contributed by atoms with E-state index in [4.69, 9.17) is 0 Å². The zero-order valence-corrected chi connectivity index (χ0v) is 6.51. The minimum absolute atomic E-state index is 0.0659. The average molecular weight is 137 g/mol. The molecule has 0 bridgehead atoms. The number of rotatable bonds is 0. The quantitative estimate of drug-likeness (QED) is 0.534. The van der Waals surface area contributed by atoms with Gasteiger partial charge in [-0.05, 0) is 25.0 Å². The molecule has 54 valence electrons. The van der Waals surface area contributed by atoms with Crippen molar-refractivity contribution in [1.82, 2.24) is 4.57 Å². The van der Waals surface area contributed by atoms with Crippen LogP contribution in [0.5, 0.6) is 0 Å². The van der Waals surface area contributed by atoms with Crippen molar-refractivity contribution in [2.45, 2.75) is 20.8 Å². The molecule has 0 unspecified atom stereocenters. The first-order chi connectivity index (χ1) is 4.61. The second-order valence-corrected chi connectivity index (χ2v) is 2.55. The summed E-state index contributed by atoms with van der Waals surface area (Å²) in [6.45, 7) is 5.54. The van der Waals surface area contributed by atoms with E-state index in [2.05, 4.69) is 0 Å². The fourth-order valence-corrected chi connectivity index (χ4v) is 0.840. The molecule has 0 saturated carbocycles. The number of aromatic nitrogens is 1. The molecule has 0 amide bonds. The van der Waals surface area contributed by atoms with E-state index in [1.54, 1.807) is 11.5 Å². The molecule has 2 heteroatoms. The number of aryl methyl sites for hydroxylation is 2. The number of hydrogen-bond acceptors (Lipinski definition) is 1. The van der Waals surface area contributed by atoms with Gasteiger partial charge in [0.25, 0.3) is 0 Å². The summed E-state index contributed by atoms with van der Waals surface area (Å²) >= 11 is 0. The molecule has 2 nitrogen and oxygen atoms in total. The second-order valence-electron chi connectivity index (χ2n) is 2.55. The Morgan fingerprint density at radius 1 is 1.30 bits per heavy atom. The lowest BCUT2D eigenvalue weighted by atomic mass is 10.2. The van der Waals surface area contributed by atoms with Crippen LogP contribution < -0.4 is 0 Å². The zero-order valence-electron chi connectivity index (χ0n) is 6.51. The number of carbonyl (C=O) groups excluding carboxylic acids is 1. The van der Waals surface area contributed by atoms with Crippen molar-refractivity contribution < 1.29 is 4.79 Å². The molecular formula is C8H11NO. The first kappa shape index (κ1) is 7.06. The summed E-state index contributed by atoms with van der Waals surface area (Å²) in [5, 5.41) is 0. The van der Waals surface area contributed by atoms with Gasteiger partial charge in [0.1, 0.15) is 0 Å². The van der Waals surface area contributed by atoms with Gasteiger partial charge in [-0.1, -0.05) is 0 Å². The number of carbonyl (C=O) groups is 1. The molecule has 0 fully saturated rings. The fraction of sp³-hybridized carbons (Fsp3) is 0.375. The van der Waals surface area contributed by atoms with Gasteiger partial charge in [-0.2, -0.15) is 0 Å². The smallest absolute Gasteiger partial charge is 0.227 e. The van der Waals surface area contributed by atoms with Crippen molar-refractivity contribution >= 4 is 5.91 Å². The Morgan fingerprint density at radius 3 is 1.90 bits per heavy atom. The Morgan fingerprint density at radius 2 is 1.70 bits per heavy atom. The maximum absolute atomic E-state index is 10.8. The van der Waals surface area contributed by atoms with Crippen LogP contribution in [0.2, 0.25) is 0 Å². The molecule has 1 rings (SSSR count). The maximum atomic E-state index is 10.8. The summed E-state index contributed by atoms with van der Waals surface area (Å²) in [5.41, 5.74) is 2.32. The minimum Gasteiger partial charge on any atom is -0.294 e. The molecule has 0 aliphatic heterocycles. The minimum atomic E-state index is 0.0659. The summed E-state index contributed by atoms with van der Waals surface area (Å²) in [6.07, 6.45) is 3.69. The van der Waals surface area contributed by atoms with Crippen LogP contribution in [0, 0.1) is 13.8 Å². The normalized spacial score (nSPS) is 9.90. The topological polar surface area (TPSA) is 22.0 Å². The predicted molar refractivity (Wildman–Crippen MR) is 40.2 cm³/mol. The third-order valence-corrected chi connectivity index (χ3v) is 1.65. The van der Waals surface area contributed by atoms with E-state index >= 15 is 0 Å². The van der Waals surface area contributed by atoms with Crippen molar-refractivity contribution in [2.24, 2.45) is 0 Å². The predicted octanol–water partition coefficient (Wildman–Crippen LogP) is 1.77. The van der Waals surface area contributed by atoms with Crippen LogP contribution in [-0.4, -0.2) is 10.5 Å². The highest BCUT2D eigenvalue weighted by Crippen LogP contribution is 2.06. The van der Waals surface area contributed by atoms with Gasteiger partial charge in [-0.25, -0.2) is 0 Å². The SMILES string of the molecule is CC(=O)n1cc(C)c(C)c1. The molecule has 1 aromatic rings. The first-order valence-corrected chi connectivity index (χ1v) is 3.27.